The maximum absolute atomic E-state index is 13.5. The molecule has 1 aromatic heterocycles. The monoisotopic (exact) mass is 512 g/mol. The highest BCUT2D eigenvalue weighted by Gasteiger charge is 2.31. The lowest BCUT2D eigenvalue weighted by Gasteiger charge is -2.41. The molecule has 0 spiro atoms. The van der Waals surface area contributed by atoms with E-state index in [1.807, 2.05) is 32.0 Å². The van der Waals surface area contributed by atoms with Crippen molar-refractivity contribution in [3.63, 3.8) is 0 Å². The van der Waals surface area contributed by atoms with Gasteiger partial charge in [-0.25, -0.2) is 9.48 Å². The van der Waals surface area contributed by atoms with Gasteiger partial charge in [-0.3, -0.25) is 9.80 Å². The van der Waals surface area contributed by atoms with E-state index in [1.54, 1.807) is 29.3 Å². The Balaban J connectivity index is 1.62. The second-order valence-corrected chi connectivity index (χ2v) is 9.12. The van der Waals surface area contributed by atoms with Crippen LogP contribution in [0.3, 0.4) is 0 Å². The van der Waals surface area contributed by atoms with Crippen LogP contribution in [0.25, 0.3) is 0 Å². The van der Waals surface area contributed by atoms with E-state index in [0.29, 0.717) is 35.2 Å². The summed E-state index contributed by atoms with van der Waals surface area (Å²) in [6.07, 6.45) is 1.86. The summed E-state index contributed by atoms with van der Waals surface area (Å²) in [6.45, 7) is 6.53. The van der Waals surface area contributed by atoms with Gasteiger partial charge in [-0.05, 0) is 55.4 Å². The summed E-state index contributed by atoms with van der Waals surface area (Å²) in [5.74, 6) is -0.187. The summed E-state index contributed by atoms with van der Waals surface area (Å²) in [5, 5.41) is 10.6. The molecule has 1 N–H and O–H groups in total. The lowest BCUT2D eigenvalue weighted by Crippen LogP contribution is -2.57. The molecule has 35 heavy (non-hydrogen) atoms. The van der Waals surface area contributed by atoms with Gasteiger partial charge in [0.25, 0.3) is 0 Å². The number of nitrogens with zero attached hydrogens (tertiary/aromatic N) is 5. The number of Topliss-reactive ketones (excluding diaryl/α,β-unsaturated/α-hetero) is 1. The number of ketones is 1. The number of halogens is 1. The molecule has 0 amide bonds. The maximum atomic E-state index is 13.5. The van der Waals surface area contributed by atoms with E-state index in [2.05, 4.69) is 27.4 Å². The van der Waals surface area contributed by atoms with Crippen LogP contribution in [0.2, 0.25) is 5.02 Å². The molecule has 0 bridgehead atoms. The second kappa shape index (κ2) is 11.2. The fourth-order valence-electron chi connectivity index (χ4n) is 4.40. The van der Waals surface area contributed by atoms with E-state index in [4.69, 9.17) is 23.8 Å². The van der Waals surface area contributed by atoms with Crippen LogP contribution in [0.15, 0.2) is 65.7 Å². The first-order valence-electron chi connectivity index (χ1n) is 11.8. The van der Waals surface area contributed by atoms with E-state index < -0.39 is 11.7 Å². The van der Waals surface area contributed by atoms with Crippen molar-refractivity contribution in [2.24, 2.45) is 0 Å². The number of benzene rings is 2. The minimum absolute atomic E-state index is 0.0483. The minimum Gasteiger partial charge on any atom is -0.338 e. The molecule has 3 aromatic rings. The molecule has 2 aromatic carbocycles. The first kappa shape index (κ1) is 25.1. The second-order valence-electron chi connectivity index (χ2n) is 8.32. The van der Waals surface area contributed by atoms with Crippen LogP contribution in [-0.2, 0) is 0 Å². The van der Waals surface area contributed by atoms with Gasteiger partial charge in [-0.2, -0.15) is 9.77 Å². The average molecular weight is 513 g/mol. The van der Waals surface area contributed by atoms with Crippen molar-refractivity contribution in [1.29, 1.82) is 0 Å². The molecule has 10 heteroatoms. The van der Waals surface area contributed by atoms with Crippen LogP contribution in [0, 0.1) is 0 Å². The van der Waals surface area contributed by atoms with Crippen molar-refractivity contribution in [1.82, 2.24) is 24.7 Å². The zero-order valence-corrected chi connectivity index (χ0v) is 21.4. The minimum atomic E-state index is -0.728. The third-order valence-corrected chi connectivity index (χ3v) is 6.94. The molecule has 4 rings (SSSR count). The number of carbonyl (C=O) groups is 1. The Morgan fingerprint density at radius 3 is 2.57 bits per heavy atom. The van der Waals surface area contributed by atoms with Gasteiger partial charge in [0, 0.05) is 36.8 Å². The number of nitrogens with one attached hydrogen (secondary N) is 1. The Kier molecular flexibility index (Phi) is 8.00. The van der Waals surface area contributed by atoms with Gasteiger partial charge in [0.1, 0.15) is 12.4 Å². The highest BCUT2D eigenvalue weighted by atomic mass is 35.5. The summed E-state index contributed by atoms with van der Waals surface area (Å²) in [6, 6.07) is 16.2. The van der Waals surface area contributed by atoms with Crippen molar-refractivity contribution in [3.05, 3.63) is 87.6 Å². The maximum Gasteiger partial charge on any atom is 0.365 e. The van der Waals surface area contributed by atoms with E-state index in [1.165, 1.54) is 15.7 Å². The van der Waals surface area contributed by atoms with E-state index in [9.17, 15) is 9.59 Å². The van der Waals surface area contributed by atoms with Crippen molar-refractivity contribution in [2.75, 3.05) is 31.2 Å². The zero-order chi connectivity index (χ0) is 24.9. The van der Waals surface area contributed by atoms with Crippen molar-refractivity contribution < 1.29 is 4.79 Å². The van der Waals surface area contributed by atoms with Crippen molar-refractivity contribution >= 4 is 34.7 Å². The van der Waals surface area contributed by atoms with Crippen LogP contribution in [-0.4, -0.2) is 56.4 Å². The zero-order valence-electron chi connectivity index (χ0n) is 19.8. The highest BCUT2D eigenvalue weighted by Crippen LogP contribution is 2.23. The fourth-order valence-corrected chi connectivity index (χ4v) is 4.96. The largest absolute Gasteiger partial charge is 0.365 e. The van der Waals surface area contributed by atoms with E-state index in [-0.39, 0.29) is 11.8 Å². The Bertz CT molecular complexity index is 1230. The van der Waals surface area contributed by atoms with Gasteiger partial charge in [0.05, 0.1) is 6.04 Å². The summed E-state index contributed by atoms with van der Waals surface area (Å²) in [4.78, 5) is 28.8. The lowest BCUT2D eigenvalue weighted by molar-refractivity contribution is 0.0911. The van der Waals surface area contributed by atoms with Gasteiger partial charge in [0.2, 0.25) is 0 Å². The van der Waals surface area contributed by atoms with Crippen LogP contribution >= 0.6 is 23.8 Å². The summed E-state index contributed by atoms with van der Waals surface area (Å²) in [5.41, 5.74) is 1.23. The Hall–Kier alpha value is -3.01. The molecule has 184 valence electrons. The fraction of sp³-hybridized carbons (Fsp3) is 0.360. The molecule has 1 saturated heterocycles. The lowest BCUT2D eigenvalue weighted by atomic mass is 10.0. The van der Waals surface area contributed by atoms with Gasteiger partial charge in [0.15, 0.2) is 10.9 Å². The van der Waals surface area contributed by atoms with Gasteiger partial charge in [-0.15, -0.1) is 0 Å². The molecule has 0 saturated carbocycles. The van der Waals surface area contributed by atoms with E-state index >= 15 is 0 Å². The number of piperazine rings is 1. The number of aromatic nitrogens is 3. The first-order chi connectivity index (χ1) is 17.0. The number of hydrogen-bond donors (Lipinski definition) is 1. The van der Waals surface area contributed by atoms with Gasteiger partial charge < -0.3 is 10.2 Å². The number of hydrogen-bond acceptors (Lipinski definition) is 5. The Morgan fingerprint density at radius 1 is 1.20 bits per heavy atom. The van der Waals surface area contributed by atoms with Crippen molar-refractivity contribution in [3.8, 4) is 0 Å². The summed E-state index contributed by atoms with van der Waals surface area (Å²) < 4.78 is 2.65. The van der Waals surface area contributed by atoms with Crippen LogP contribution in [0.4, 0.5) is 0 Å². The Morgan fingerprint density at radius 2 is 1.91 bits per heavy atom. The average Bonchev–Trinajstić information content (AvgIpc) is 3.26. The molecule has 0 aliphatic carbocycles. The van der Waals surface area contributed by atoms with Crippen LogP contribution in [0.1, 0.15) is 48.3 Å². The SMILES string of the molecule is CCC(C(=O)c1ccc(Cl)cc1)n1ncn(N(CC)C(=S)N2CCNCC2c2ccccc2)c1=O. The van der Waals surface area contributed by atoms with Crippen molar-refractivity contribution in [2.45, 2.75) is 32.4 Å². The van der Waals surface area contributed by atoms with E-state index in [0.717, 1.165) is 18.7 Å². The smallest absolute Gasteiger partial charge is 0.338 e. The molecule has 1 aliphatic heterocycles. The standard InChI is InChI=1S/C25H29ClN6O2S/c1-3-21(23(33)19-10-12-20(26)13-11-19)32-24(34)31(17-28-32)30(4-2)25(35)29-15-14-27-16-22(29)18-8-6-5-7-9-18/h5-13,17,21-22,27H,3-4,14-16H2,1-2H3. The summed E-state index contributed by atoms with van der Waals surface area (Å²) in [7, 11) is 0. The summed E-state index contributed by atoms with van der Waals surface area (Å²) >= 11 is 11.9. The number of carbonyl (C=O) groups excluding carboxylic acids is 1. The van der Waals surface area contributed by atoms with Gasteiger partial charge in [-0.1, -0.05) is 48.9 Å². The van der Waals surface area contributed by atoms with Gasteiger partial charge >= 0.3 is 5.69 Å². The quantitative estimate of drug-likeness (QED) is 0.384. The van der Waals surface area contributed by atoms with Crippen LogP contribution in [0.5, 0.6) is 0 Å². The Labute approximate surface area is 215 Å². The third kappa shape index (κ3) is 5.17. The molecule has 1 aliphatic rings. The molecule has 8 nitrogen and oxygen atoms in total. The topological polar surface area (TPSA) is 75.4 Å². The predicted octanol–water partition coefficient (Wildman–Crippen LogP) is 3.42. The first-order valence-corrected chi connectivity index (χ1v) is 12.5. The molecular weight excluding hydrogens is 484 g/mol. The molecule has 0 radical (unpaired) electrons. The number of rotatable bonds is 7. The third-order valence-electron chi connectivity index (χ3n) is 6.24. The molecule has 1 fully saturated rings. The highest BCUT2D eigenvalue weighted by molar-refractivity contribution is 7.80. The molecular formula is C25H29ClN6O2S. The molecule has 2 atom stereocenters. The predicted molar refractivity (Wildman–Crippen MR) is 142 cm³/mol. The molecule has 2 unspecified atom stereocenters. The normalized spacial score (nSPS) is 16.7. The number of thiocarbonyl (C=S) groups is 1. The van der Waals surface area contributed by atoms with Crippen LogP contribution < -0.4 is 16.0 Å². The molecule has 2 heterocycles.